The second-order valence-electron chi connectivity index (χ2n) is 2.45. The van der Waals surface area contributed by atoms with E-state index in [0.29, 0.717) is 12.0 Å². The maximum Gasteiger partial charge on any atom is 0.0843 e. The lowest BCUT2D eigenvalue weighted by Crippen LogP contribution is -2.17. The molecule has 2 radical (unpaired) electrons. The molecule has 0 bridgehead atoms. The summed E-state index contributed by atoms with van der Waals surface area (Å²) in [6.45, 7) is 7.88. The van der Waals surface area contributed by atoms with Crippen molar-refractivity contribution in [1.82, 2.24) is 0 Å². The van der Waals surface area contributed by atoms with Crippen molar-refractivity contribution >= 4 is 0 Å². The maximum atomic E-state index is 5.18. The fourth-order valence-corrected chi connectivity index (χ4v) is 0.977. The third-order valence-electron chi connectivity index (χ3n) is 1.42. The fourth-order valence-electron chi connectivity index (χ4n) is 0.977. The van der Waals surface area contributed by atoms with Crippen LogP contribution in [0.25, 0.3) is 0 Å². The molecule has 46 valence electrons. The smallest absolute Gasteiger partial charge is 0.0843 e. The molecule has 0 aliphatic carbocycles. The average molecular weight is 112 g/mol. The molecule has 1 nitrogen and oxygen atoms in total. The Balaban J connectivity index is 2.23. The minimum Gasteiger partial charge on any atom is -0.373 e. The lowest BCUT2D eigenvalue weighted by Gasteiger charge is -2.23. The number of rotatable bonds is 0. The first-order chi connectivity index (χ1) is 3.79. The topological polar surface area (TPSA) is 9.23 Å². The predicted molar refractivity (Wildman–Crippen MR) is 32.9 cm³/mol. The van der Waals surface area contributed by atoms with Gasteiger partial charge in [0.15, 0.2) is 0 Å². The molecule has 0 spiro atoms. The Bertz CT molecular complexity index is 62.8. The van der Waals surface area contributed by atoms with E-state index < -0.39 is 0 Å². The quantitative estimate of drug-likeness (QED) is 0.464. The fraction of sp³-hybridized carbons (Fsp3) is 0.714. The summed E-state index contributed by atoms with van der Waals surface area (Å²) in [5, 5.41) is 0. The molecule has 0 aromatic carbocycles. The van der Waals surface area contributed by atoms with Crippen molar-refractivity contribution in [2.75, 3.05) is 0 Å². The second-order valence-corrected chi connectivity index (χ2v) is 2.45. The van der Waals surface area contributed by atoms with Crippen molar-refractivity contribution in [3.05, 3.63) is 13.5 Å². The van der Waals surface area contributed by atoms with Gasteiger partial charge in [-0.05, 0) is 32.6 Å². The van der Waals surface area contributed by atoms with Gasteiger partial charge < -0.3 is 4.74 Å². The van der Waals surface area contributed by atoms with Crippen LogP contribution in [-0.4, -0.2) is 6.10 Å². The first-order valence-corrected chi connectivity index (χ1v) is 3.09. The van der Waals surface area contributed by atoms with Crippen LogP contribution in [0.4, 0.5) is 0 Å². The van der Waals surface area contributed by atoms with E-state index in [1.165, 1.54) is 0 Å². The molecule has 1 heteroatoms. The van der Waals surface area contributed by atoms with Crippen molar-refractivity contribution in [1.29, 1.82) is 0 Å². The van der Waals surface area contributed by atoms with Gasteiger partial charge in [0.25, 0.3) is 0 Å². The van der Waals surface area contributed by atoms with Crippen LogP contribution in [0.1, 0.15) is 19.8 Å². The summed E-state index contributed by atoms with van der Waals surface area (Å²) in [4.78, 5) is 0. The van der Waals surface area contributed by atoms with Gasteiger partial charge in [0, 0.05) is 0 Å². The van der Waals surface area contributed by atoms with E-state index in [2.05, 4.69) is 13.8 Å². The second kappa shape index (κ2) is 2.49. The molecular weight excluding hydrogens is 100 g/mol. The van der Waals surface area contributed by atoms with Crippen LogP contribution in [0.15, 0.2) is 0 Å². The van der Waals surface area contributed by atoms with E-state index in [4.69, 9.17) is 4.74 Å². The van der Waals surface area contributed by atoms with Crippen molar-refractivity contribution in [3.63, 3.8) is 0 Å². The Morgan fingerprint density at radius 2 is 2.50 bits per heavy atom. The lowest BCUT2D eigenvalue weighted by molar-refractivity contribution is 0.0610. The zero-order valence-corrected chi connectivity index (χ0v) is 5.26. The summed E-state index contributed by atoms with van der Waals surface area (Å²) in [5.74, 6) is 0.582. The highest BCUT2D eigenvalue weighted by Gasteiger charge is 2.14. The maximum absolute atomic E-state index is 5.18. The first kappa shape index (κ1) is 6.09. The summed E-state index contributed by atoms with van der Waals surface area (Å²) < 4.78 is 5.18. The van der Waals surface area contributed by atoms with Gasteiger partial charge >= 0.3 is 0 Å². The van der Waals surface area contributed by atoms with E-state index in [0.717, 1.165) is 12.8 Å². The Hall–Kier alpha value is -0.0400. The SMILES string of the molecule is [CH2]C1C[CH]OC(C)C1. The molecule has 0 aromatic rings. The van der Waals surface area contributed by atoms with Crippen LogP contribution < -0.4 is 0 Å². The van der Waals surface area contributed by atoms with Crippen LogP contribution in [0.2, 0.25) is 0 Å². The molecule has 0 amide bonds. The Morgan fingerprint density at radius 1 is 1.75 bits per heavy atom. The van der Waals surface area contributed by atoms with Crippen molar-refractivity contribution < 1.29 is 4.74 Å². The molecule has 8 heavy (non-hydrogen) atoms. The predicted octanol–water partition coefficient (Wildman–Crippen LogP) is 1.80. The van der Waals surface area contributed by atoms with Crippen molar-refractivity contribution in [2.45, 2.75) is 25.9 Å². The van der Waals surface area contributed by atoms with Gasteiger partial charge in [-0.3, -0.25) is 0 Å². The van der Waals surface area contributed by atoms with Gasteiger partial charge in [-0.15, -0.1) is 0 Å². The van der Waals surface area contributed by atoms with E-state index >= 15 is 0 Å². The zero-order valence-electron chi connectivity index (χ0n) is 5.26. The zero-order chi connectivity index (χ0) is 5.98. The van der Waals surface area contributed by atoms with Crippen LogP contribution in [0.3, 0.4) is 0 Å². The molecule has 1 aliphatic rings. The van der Waals surface area contributed by atoms with E-state index in [-0.39, 0.29) is 0 Å². The van der Waals surface area contributed by atoms with Crippen LogP contribution in [0.5, 0.6) is 0 Å². The van der Waals surface area contributed by atoms with Crippen molar-refractivity contribution in [2.24, 2.45) is 5.92 Å². The molecule has 1 heterocycles. The largest absolute Gasteiger partial charge is 0.373 e. The molecule has 0 aromatic heterocycles. The molecule has 2 atom stereocenters. The van der Waals surface area contributed by atoms with Gasteiger partial charge in [0.1, 0.15) is 0 Å². The molecule has 0 N–H and O–H groups in total. The van der Waals surface area contributed by atoms with Crippen LogP contribution >= 0.6 is 0 Å². The molecule has 1 fully saturated rings. The third-order valence-corrected chi connectivity index (χ3v) is 1.42. The minimum atomic E-state index is 0.395. The highest BCUT2D eigenvalue weighted by Crippen LogP contribution is 2.20. The Labute approximate surface area is 51.0 Å². The summed E-state index contributed by atoms with van der Waals surface area (Å²) in [5.41, 5.74) is 0. The highest BCUT2D eigenvalue weighted by molar-refractivity contribution is 4.75. The molecular formula is C7H12O. The number of hydrogen-bond acceptors (Lipinski definition) is 1. The number of hydrogen-bond donors (Lipinski definition) is 0. The van der Waals surface area contributed by atoms with Crippen LogP contribution in [-0.2, 0) is 4.74 Å². The van der Waals surface area contributed by atoms with E-state index in [1.807, 2.05) is 6.61 Å². The van der Waals surface area contributed by atoms with Gasteiger partial charge in [0.2, 0.25) is 0 Å². The van der Waals surface area contributed by atoms with Crippen LogP contribution in [0, 0.1) is 19.4 Å². The van der Waals surface area contributed by atoms with E-state index in [1.54, 1.807) is 0 Å². The lowest BCUT2D eigenvalue weighted by atomic mass is 9.99. The highest BCUT2D eigenvalue weighted by atomic mass is 16.5. The standard InChI is InChI=1S/C7H12O/c1-6-3-4-8-7(2)5-6/h4,6-7H,1,3,5H2,2H3. The summed E-state index contributed by atoms with van der Waals surface area (Å²) in [6, 6.07) is 0. The Morgan fingerprint density at radius 3 is 2.88 bits per heavy atom. The molecule has 0 saturated carbocycles. The molecule has 1 aliphatic heterocycles. The number of ether oxygens (including phenoxy) is 1. The third kappa shape index (κ3) is 1.48. The van der Waals surface area contributed by atoms with Gasteiger partial charge in [0.05, 0.1) is 12.7 Å². The van der Waals surface area contributed by atoms with Gasteiger partial charge in [-0.2, -0.15) is 0 Å². The first-order valence-electron chi connectivity index (χ1n) is 3.09. The Kier molecular flexibility index (Phi) is 1.90. The molecule has 2 unspecified atom stereocenters. The summed E-state index contributed by atoms with van der Waals surface area (Å²) in [6.07, 6.45) is 2.52. The van der Waals surface area contributed by atoms with Crippen molar-refractivity contribution in [3.8, 4) is 0 Å². The van der Waals surface area contributed by atoms with Gasteiger partial charge in [-0.25, -0.2) is 0 Å². The minimum absolute atomic E-state index is 0.395. The normalized spacial score (nSPS) is 39.8. The average Bonchev–Trinajstić information content (AvgIpc) is 1.64. The summed E-state index contributed by atoms with van der Waals surface area (Å²) >= 11 is 0. The molecule has 1 saturated heterocycles. The molecule has 1 rings (SSSR count). The summed E-state index contributed by atoms with van der Waals surface area (Å²) in [7, 11) is 0. The van der Waals surface area contributed by atoms with Gasteiger partial charge in [-0.1, -0.05) is 0 Å². The monoisotopic (exact) mass is 112 g/mol. The van der Waals surface area contributed by atoms with E-state index in [9.17, 15) is 0 Å².